The average molecular weight is 622 g/mol. The Kier molecular flexibility index (Phi) is 8.44. The number of benzene rings is 1. The number of aromatic nitrogens is 2. The molecule has 0 bridgehead atoms. The highest BCUT2D eigenvalue weighted by Crippen LogP contribution is 2.48. The molecule has 2 aromatic heterocycles. The molecule has 0 aliphatic heterocycles. The van der Waals surface area contributed by atoms with Crippen LogP contribution in [0, 0.1) is 17.3 Å². The molecule has 40 heavy (non-hydrogen) atoms. The molecule has 2 aliphatic carbocycles. The number of hydrogen-bond donors (Lipinski definition) is 1. The molecule has 2 saturated carbocycles. The van der Waals surface area contributed by atoms with Crippen LogP contribution in [-0.4, -0.2) is 34.6 Å². The lowest BCUT2D eigenvalue weighted by molar-refractivity contribution is -0.139. The first-order chi connectivity index (χ1) is 18.9. The monoisotopic (exact) mass is 620 g/mol. The van der Waals surface area contributed by atoms with Crippen molar-refractivity contribution in [2.75, 3.05) is 13.7 Å². The largest absolute Gasteiger partial charge is 0.406 e. The van der Waals surface area contributed by atoms with Crippen LogP contribution in [0.3, 0.4) is 0 Å². The van der Waals surface area contributed by atoms with Gasteiger partial charge in [0.15, 0.2) is 0 Å². The number of halogens is 4. The van der Waals surface area contributed by atoms with Crippen LogP contribution in [0.4, 0.5) is 13.2 Å². The summed E-state index contributed by atoms with van der Waals surface area (Å²) in [5.74, 6) is 2.06. The molecular formula is C32H40BrF3N2O2. The third-order valence-electron chi connectivity index (χ3n) is 9.02. The minimum Gasteiger partial charge on any atom is -0.396 e. The van der Waals surface area contributed by atoms with E-state index < -0.39 is 24.2 Å². The topological polar surface area (TPSA) is 47.3 Å². The summed E-state index contributed by atoms with van der Waals surface area (Å²) < 4.78 is 50.3. The Morgan fingerprint density at radius 1 is 1.07 bits per heavy atom. The third-order valence-corrected chi connectivity index (χ3v) is 9.51. The molecule has 0 unspecified atom stereocenters. The lowest BCUT2D eigenvalue weighted by Gasteiger charge is -2.29. The summed E-state index contributed by atoms with van der Waals surface area (Å²) in [6.07, 6.45) is 4.81. The second-order valence-electron chi connectivity index (χ2n) is 12.7. The van der Waals surface area contributed by atoms with Crippen molar-refractivity contribution in [2.24, 2.45) is 17.3 Å². The molecule has 2 fully saturated rings. The molecule has 0 saturated heterocycles. The fourth-order valence-corrected chi connectivity index (χ4v) is 6.95. The molecule has 3 aromatic rings. The van der Waals surface area contributed by atoms with Crippen LogP contribution < -0.4 is 0 Å². The van der Waals surface area contributed by atoms with Crippen LogP contribution in [0.5, 0.6) is 0 Å². The van der Waals surface area contributed by atoms with Crippen LogP contribution in [-0.2, 0) is 17.7 Å². The van der Waals surface area contributed by atoms with E-state index in [2.05, 4.69) is 22.0 Å². The van der Waals surface area contributed by atoms with Crippen LogP contribution >= 0.6 is 15.9 Å². The van der Waals surface area contributed by atoms with E-state index in [1.165, 1.54) is 30.3 Å². The number of hydrogen-bond acceptors (Lipinski definition) is 3. The number of rotatable bonds is 9. The van der Waals surface area contributed by atoms with Crippen molar-refractivity contribution >= 4 is 26.8 Å². The van der Waals surface area contributed by atoms with Crippen molar-refractivity contribution in [1.29, 1.82) is 0 Å². The van der Waals surface area contributed by atoms with Gasteiger partial charge in [0.25, 0.3) is 0 Å². The second-order valence-corrected chi connectivity index (χ2v) is 13.6. The number of alkyl halides is 3. The summed E-state index contributed by atoms with van der Waals surface area (Å²) in [4.78, 5) is 4.87. The summed E-state index contributed by atoms with van der Waals surface area (Å²) in [7, 11) is 1.60. The zero-order chi connectivity index (χ0) is 28.8. The van der Waals surface area contributed by atoms with Crippen molar-refractivity contribution < 1.29 is 23.0 Å². The molecular weight excluding hydrogens is 581 g/mol. The van der Waals surface area contributed by atoms with E-state index in [4.69, 9.17) is 9.72 Å². The summed E-state index contributed by atoms with van der Waals surface area (Å²) >= 11 is 3.53. The number of methoxy groups -OCH3 is 1. The molecule has 0 amide bonds. The minimum absolute atomic E-state index is 0.0871. The molecule has 5 rings (SSSR count). The van der Waals surface area contributed by atoms with Crippen molar-refractivity contribution in [3.8, 4) is 11.3 Å². The van der Waals surface area contributed by atoms with E-state index >= 15 is 0 Å². The van der Waals surface area contributed by atoms with Crippen LogP contribution in [0.15, 0.2) is 34.9 Å². The first kappa shape index (κ1) is 29.6. The highest BCUT2D eigenvalue weighted by Gasteiger charge is 2.36. The van der Waals surface area contributed by atoms with E-state index in [0.29, 0.717) is 34.8 Å². The Morgan fingerprint density at radius 2 is 1.73 bits per heavy atom. The van der Waals surface area contributed by atoms with E-state index in [9.17, 15) is 18.3 Å². The summed E-state index contributed by atoms with van der Waals surface area (Å²) in [5.41, 5.74) is 3.71. The highest BCUT2D eigenvalue weighted by molar-refractivity contribution is 9.10. The number of aliphatic hydroxyl groups is 1. The Hall–Kier alpha value is -1.90. The van der Waals surface area contributed by atoms with Crippen molar-refractivity contribution in [2.45, 2.75) is 90.5 Å². The van der Waals surface area contributed by atoms with Gasteiger partial charge in [0.1, 0.15) is 6.54 Å². The highest BCUT2D eigenvalue weighted by atomic mass is 79.9. The van der Waals surface area contributed by atoms with Gasteiger partial charge in [-0.3, -0.25) is 4.98 Å². The quantitative estimate of drug-likeness (QED) is 0.260. The SMILES string of the molecule is CO[C@@H](C)c1ncc(C2CCC(C3CC3)CC2)cc1-c1c(CC(C)(C)CO)c2cc(Br)ccc2n1CC(F)(F)F. The third kappa shape index (κ3) is 6.29. The van der Waals surface area contributed by atoms with Crippen LogP contribution in [0.25, 0.3) is 22.2 Å². The van der Waals surface area contributed by atoms with Gasteiger partial charge in [0.2, 0.25) is 0 Å². The van der Waals surface area contributed by atoms with Gasteiger partial charge in [0.05, 0.1) is 17.5 Å². The maximum absolute atomic E-state index is 14.1. The number of nitrogens with zero attached hydrogens (tertiary/aromatic N) is 2. The Morgan fingerprint density at radius 3 is 2.30 bits per heavy atom. The van der Waals surface area contributed by atoms with Crippen molar-refractivity contribution in [3.05, 3.63) is 51.8 Å². The van der Waals surface area contributed by atoms with Gasteiger partial charge in [-0.1, -0.05) is 29.8 Å². The number of fused-ring (bicyclic) bond motifs is 1. The maximum atomic E-state index is 14.1. The number of ether oxygens (including phenoxy) is 1. The molecule has 2 aliphatic rings. The number of aliphatic hydroxyl groups excluding tert-OH is 1. The van der Waals surface area contributed by atoms with Crippen LogP contribution in [0.2, 0.25) is 0 Å². The molecule has 0 radical (unpaired) electrons. The van der Waals surface area contributed by atoms with E-state index in [1.54, 1.807) is 19.2 Å². The smallest absolute Gasteiger partial charge is 0.396 e. The van der Waals surface area contributed by atoms with Gasteiger partial charge in [-0.25, -0.2) is 0 Å². The molecule has 2 heterocycles. The first-order valence-electron chi connectivity index (χ1n) is 14.4. The standard InChI is InChI=1S/C32H40BrF3N2O2/c1-19(40-4)29-26(13-23(16-37-29)22-9-7-21(8-10-22)20-5-6-20)30-27(15-31(2,3)18-39)25-14-24(33)11-12-28(25)38(30)17-32(34,35)36/h11-14,16,19-22,39H,5-10,15,17-18H2,1-4H3/t19-,21?,22?/m0/s1. The molecule has 1 N–H and O–H groups in total. The summed E-state index contributed by atoms with van der Waals surface area (Å²) in [6.45, 7) is 4.56. The molecule has 218 valence electrons. The molecule has 0 spiro atoms. The van der Waals surface area contributed by atoms with Gasteiger partial charge >= 0.3 is 6.18 Å². The molecule has 1 aromatic carbocycles. The predicted octanol–water partition coefficient (Wildman–Crippen LogP) is 8.98. The minimum atomic E-state index is -4.42. The Labute approximate surface area is 243 Å². The van der Waals surface area contributed by atoms with Crippen LogP contribution in [0.1, 0.15) is 88.1 Å². The molecule has 8 heteroatoms. The van der Waals surface area contributed by atoms with Gasteiger partial charge in [0, 0.05) is 40.9 Å². The van der Waals surface area contributed by atoms with Gasteiger partial charge < -0.3 is 14.4 Å². The number of pyridine rings is 1. The van der Waals surface area contributed by atoms with Gasteiger partial charge in [-0.2, -0.15) is 13.2 Å². The normalized spacial score (nSPS) is 21.2. The maximum Gasteiger partial charge on any atom is 0.406 e. The van der Waals surface area contributed by atoms with Gasteiger partial charge in [-0.15, -0.1) is 0 Å². The first-order valence-corrected chi connectivity index (χ1v) is 15.2. The Bertz CT molecular complexity index is 1350. The predicted molar refractivity (Wildman–Crippen MR) is 156 cm³/mol. The fraction of sp³-hybridized carbons (Fsp3) is 0.594. The van der Waals surface area contributed by atoms with Crippen molar-refractivity contribution in [1.82, 2.24) is 9.55 Å². The van der Waals surface area contributed by atoms with Gasteiger partial charge in [-0.05, 0) is 110 Å². The Balaban J connectivity index is 1.72. The zero-order valence-electron chi connectivity index (χ0n) is 23.8. The summed E-state index contributed by atoms with van der Waals surface area (Å²) in [6, 6.07) is 7.52. The summed E-state index contributed by atoms with van der Waals surface area (Å²) in [5, 5.41) is 10.9. The zero-order valence-corrected chi connectivity index (χ0v) is 25.4. The lowest BCUT2D eigenvalue weighted by Crippen LogP contribution is -2.22. The lowest BCUT2D eigenvalue weighted by atomic mass is 9.77. The fourth-order valence-electron chi connectivity index (χ4n) is 6.59. The van der Waals surface area contributed by atoms with E-state index in [-0.39, 0.29) is 6.61 Å². The van der Waals surface area contributed by atoms with Crippen molar-refractivity contribution in [3.63, 3.8) is 0 Å². The second kappa shape index (κ2) is 11.4. The van der Waals surface area contributed by atoms with E-state index in [0.717, 1.165) is 45.7 Å². The average Bonchev–Trinajstić information content (AvgIpc) is 3.73. The molecule has 1 atom stereocenters. The van der Waals surface area contributed by atoms with E-state index in [1.807, 2.05) is 33.0 Å². The molecule has 4 nitrogen and oxygen atoms in total.